The topological polar surface area (TPSA) is 91.3 Å². The van der Waals surface area contributed by atoms with Crippen molar-refractivity contribution in [2.45, 2.75) is 37.8 Å². The molecule has 2 fully saturated rings. The van der Waals surface area contributed by atoms with Crippen LogP contribution in [0.2, 0.25) is 0 Å². The second-order valence-electron chi connectivity index (χ2n) is 9.63. The third-order valence-corrected chi connectivity index (χ3v) is 7.12. The van der Waals surface area contributed by atoms with Gasteiger partial charge in [0.1, 0.15) is 19.3 Å². The predicted molar refractivity (Wildman–Crippen MR) is 132 cm³/mol. The van der Waals surface area contributed by atoms with Gasteiger partial charge in [0.05, 0.1) is 6.04 Å². The van der Waals surface area contributed by atoms with Crippen LogP contribution in [0.15, 0.2) is 36.4 Å². The summed E-state index contributed by atoms with van der Waals surface area (Å²) in [7, 11) is 0. The Morgan fingerprint density at radius 3 is 2.36 bits per heavy atom. The van der Waals surface area contributed by atoms with Gasteiger partial charge >= 0.3 is 0 Å². The molecule has 2 atom stereocenters. The van der Waals surface area contributed by atoms with E-state index in [2.05, 4.69) is 15.1 Å². The summed E-state index contributed by atoms with van der Waals surface area (Å²) in [6.07, 6.45) is 3.11. The largest absolute Gasteiger partial charge is 0.486 e. The SMILES string of the molecule is O=C(NC(CN1CCCC1)C(O)c1cc(F)c2c(c1)OCCO2)C(=O)c1ccc(N2CCCC2)cc1. The molecule has 3 heterocycles. The van der Waals surface area contributed by atoms with E-state index in [4.69, 9.17) is 9.47 Å². The maximum atomic E-state index is 14.6. The zero-order valence-corrected chi connectivity index (χ0v) is 20.2. The molecular weight excluding hydrogens is 465 g/mol. The minimum Gasteiger partial charge on any atom is -0.486 e. The van der Waals surface area contributed by atoms with E-state index in [1.807, 2.05) is 12.1 Å². The van der Waals surface area contributed by atoms with Gasteiger partial charge in [0.2, 0.25) is 5.78 Å². The molecule has 9 heteroatoms. The average molecular weight is 498 g/mol. The fourth-order valence-corrected chi connectivity index (χ4v) is 5.17. The quantitative estimate of drug-likeness (QED) is 0.428. The lowest BCUT2D eigenvalue weighted by molar-refractivity contribution is -0.118. The number of aliphatic hydroxyl groups is 1. The third-order valence-electron chi connectivity index (χ3n) is 7.12. The number of likely N-dealkylation sites (tertiary alicyclic amines) is 1. The Balaban J connectivity index is 1.32. The van der Waals surface area contributed by atoms with Crippen LogP contribution in [-0.2, 0) is 4.79 Å². The Morgan fingerprint density at radius 2 is 1.64 bits per heavy atom. The summed E-state index contributed by atoms with van der Waals surface area (Å²) in [6.45, 7) is 4.52. The van der Waals surface area contributed by atoms with E-state index in [9.17, 15) is 19.1 Å². The number of amides is 1. The first-order valence-electron chi connectivity index (χ1n) is 12.7. The highest BCUT2D eigenvalue weighted by atomic mass is 19.1. The van der Waals surface area contributed by atoms with Gasteiger partial charge in [-0.05, 0) is 80.7 Å². The molecule has 8 nitrogen and oxygen atoms in total. The van der Waals surface area contributed by atoms with Crippen LogP contribution < -0.4 is 19.7 Å². The zero-order valence-electron chi connectivity index (χ0n) is 20.2. The number of ether oxygens (including phenoxy) is 2. The van der Waals surface area contributed by atoms with Crippen molar-refractivity contribution >= 4 is 17.4 Å². The summed E-state index contributed by atoms with van der Waals surface area (Å²) in [6, 6.07) is 8.96. The van der Waals surface area contributed by atoms with Crippen LogP contribution in [0.5, 0.6) is 11.5 Å². The van der Waals surface area contributed by atoms with E-state index in [1.54, 1.807) is 12.1 Å². The van der Waals surface area contributed by atoms with Gasteiger partial charge in [0, 0.05) is 30.9 Å². The van der Waals surface area contributed by atoms with Gasteiger partial charge < -0.3 is 29.7 Å². The smallest absolute Gasteiger partial charge is 0.292 e. The van der Waals surface area contributed by atoms with Crippen molar-refractivity contribution in [3.63, 3.8) is 0 Å². The monoisotopic (exact) mass is 497 g/mol. The summed E-state index contributed by atoms with van der Waals surface area (Å²) in [5, 5.41) is 13.9. The Kier molecular flexibility index (Phi) is 7.38. The van der Waals surface area contributed by atoms with E-state index in [0.29, 0.717) is 6.54 Å². The van der Waals surface area contributed by atoms with Crippen LogP contribution in [0, 0.1) is 5.82 Å². The number of hydrogen-bond acceptors (Lipinski definition) is 7. The number of Topliss-reactive ketones (excluding diaryl/α,β-unsaturated/α-hetero) is 1. The molecule has 192 valence electrons. The van der Waals surface area contributed by atoms with Crippen molar-refractivity contribution in [2.24, 2.45) is 0 Å². The molecule has 0 bridgehead atoms. The maximum Gasteiger partial charge on any atom is 0.292 e. The normalized spacial score (nSPS) is 19.2. The average Bonchev–Trinajstić information content (AvgIpc) is 3.62. The highest BCUT2D eigenvalue weighted by Crippen LogP contribution is 2.36. The minimum absolute atomic E-state index is 0.0184. The second kappa shape index (κ2) is 10.8. The third kappa shape index (κ3) is 5.32. The van der Waals surface area contributed by atoms with Gasteiger partial charge in [-0.15, -0.1) is 0 Å². The molecule has 2 aromatic rings. The second-order valence-corrected chi connectivity index (χ2v) is 9.63. The molecule has 3 aliphatic rings. The Labute approximate surface area is 210 Å². The number of anilines is 1. The molecule has 0 spiro atoms. The molecule has 0 radical (unpaired) electrons. The lowest BCUT2D eigenvalue weighted by Gasteiger charge is -2.29. The summed E-state index contributed by atoms with van der Waals surface area (Å²) < 4.78 is 25.5. The van der Waals surface area contributed by atoms with Crippen LogP contribution in [0.25, 0.3) is 0 Å². The van der Waals surface area contributed by atoms with Crippen molar-refractivity contribution in [1.29, 1.82) is 0 Å². The van der Waals surface area contributed by atoms with Crippen molar-refractivity contribution in [3.8, 4) is 11.5 Å². The summed E-state index contributed by atoms with van der Waals surface area (Å²) in [5.74, 6) is -1.87. The van der Waals surface area contributed by atoms with E-state index in [-0.39, 0.29) is 35.8 Å². The Bertz CT molecular complexity index is 1100. The number of fused-ring (bicyclic) bond motifs is 1. The van der Waals surface area contributed by atoms with Gasteiger partial charge in [0.25, 0.3) is 5.91 Å². The number of halogens is 1. The van der Waals surface area contributed by atoms with Crippen molar-refractivity contribution in [1.82, 2.24) is 10.2 Å². The summed E-state index contributed by atoms with van der Waals surface area (Å²) >= 11 is 0. The van der Waals surface area contributed by atoms with Gasteiger partial charge in [-0.25, -0.2) is 4.39 Å². The number of hydrogen-bond donors (Lipinski definition) is 2. The van der Waals surface area contributed by atoms with Gasteiger partial charge in [-0.2, -0.15) is 0 Å². The van der Waals surface area contributed by atoms with Crippen LogP contribution in [-0.4, -0.2) is 73.7 Å². The molecule has 1 amide bonds. The number of carbonyl (C=O) groups is 2. The number of nitrogens with one attached hydrogen (secondary N) is 1. The Hall–Kier alpha value is -3.17. The van der Waals surface area contributed by atoms with Crippen molar-refractivity contribution in [2.75, 3.05) is 50.8 Å². The van der Waals surface area contributed by atoms with Crippen LogP contribution >= 0.6 is 0 Å². The first kappa shape index (κ1) is 24.5. The predicted octanol–water partition coefficient (Wildman–Crippen LogP) is 2.69. The van der Waals surface area contributed by atoms with Crippen molar-refractivity contribution < 1.29 is 28.6 Å². The maximum absolute atomic E-state index is 14.6. The van der Waals surface area contributed by atoms with E-state index >= 15 is 0 Å². The molecule has 2 N–H and O–H groups in total. The molecule has 2 aromatic carbocycles. The van der Waals surface area contributed by atoms with Crippen LogP contribution in [0.4, 0.5) is 10.1 Å². The first-order chi connectivity index (χ1) is 17.5. The molecule has 0 aliphatic carbocycles. The summed E-state index contributed by atoms with van der Waals surface area (Å²) in [5.41, 5.74) is 1.58. The standard InChI is InChI=1S/C27H32FN3O5/c28-21-15-19(16-23-26(21)36-14-13-35-23)24(32)22(17-30-9-1-2-10-30)29-27(34)25(33)18-5-7-20(8-6-18)31-11-3-4-12-31/h5-8,15-16,22,24,32H,1-4,9-14,17H2,(H,29,34). The number of benzene rings is 2. The molecule has 0 aromatic heterocycles. The fourth-order valence-electron chi connectivity index (χ4n) is 5.17. The van der Waals surface area contributed by atoms with Crippen LogP contribution in [0.3, 0.4) is 0 Å². The van der Waals surface area contributed by atoms with E-state index in [1.165, 1.54) is 12.1 Å². The number of rotatable bonds is 8. The highest BCUT2D eigenvalue weighted by Gasteiger charge is 2.31. The lowest BCUT2D eigenvalue weighted by atomic mass is 10.00. The molecule has 36 heavy (non-hydrogen) atoms. The Morgan fingerprint density at radius 1 is 0.972 bits per heavy atom. The first-order valence-corrected chi connectivity index (χ1v) is 12.7. The highest BCUT2D eigenvalue weighted by molar-refractivity contribution is 6.42. The lowest BCUT2D eigenvalue weighted by Crippen LogP contribution is -2.48. The van der Waals surface area contributed by atoms with Crippen LogP contribution in [0.1, 0.15) is 47.7 Å². The number of ketones is 1. The number of nitrogens with zero attached hydrogens (tertiary/aromatic N) is 2. The number of carbonyl (C=O) groups excluding carboxylic acids is 2. The molecular formula is C27H32FN3O5. The van der Waals surface area contributed by atoms with Crippen molar-refractivity contribution in [3.05, 3.63) is 53.3 Å². The minimum atomic E-state index is -1.25. The van der Waals surface area contributed by atoms with Gasteiger partial charge in [-0.3, -0.25) is 9.59 Å². The molecule has 0 saturated carbocycles. The van der Waals surface area contributed by atoms with Gasteiger partial charge in [-0.1, -0.05) is 0 Å². The van der Waals surface area contributed by atoms with Gasteiger partial charge in [0.15, 0.2) is 17.3 Å². The zero-order chi connectivity index (χ0) is 25.1. The van der Waals surface area contributed by atoms with E-state index < -0.39 is 29.7 Å². The van der Waals surface area contributed by atoms with E-state index in [0.717, 1.165) is 57.5 Å². The molecule has 2 saturated heterocycles. The molecule has 2 unspecified atom stereocenters. The molecule has 3 aliphatic heterocycles. The number of aliphatic hydroxyl groups excluding tert-OH is 1. The fraction of sp³-hybridized carbons (Fsp3) is 0.481. The summed E-state index contributed by atoms with van der Waals surface area (Å²) in [4.78, 5) is 30.3. The molecule has 5 rings (SSSR count).